The second-order valence-electron chi connectivity index (χ2n) is 8.59. The number of aromatic nitrogens is 4. The van der Waals surface area contributed by atoms with Gasteiger partial charge in [0.2, 0.25) is 11.8 Å². The molecule has 0 bridgehead atoms. The van der Waals surface area contributed by atoms with Crippen molar-refractivity contribution in [2.75, 3.05) is 20.2 Å². The molecule has 8 heteroatoms. The summed E-state index contributed by atoms with van der Waals surface area (Å²) in [5, 5.41) is 4.65. The van der Waals surface area contributed by atoms with Gasteiger partial charge in [-0.2, -0.15) is 0 Å². The van der Waals surface area contributed by atoms with Gasteiger partial charge >= 0.3 is 0 Å². The Hall–Kier alpha value is -4.07. The van der Waals surface area contributed by atoms with E-state index in [2.05, 4.69) is 10.1 Å². The maximum Gasteiger partial charge on any atom is 0.244 e. The summed E-state index contributed by atoms with van der Waals surface area (Å²) in [6.07, 6.45) is 1.41. The Morgan fingerprint density at radius 3 is 2.57 bits per heavy atom. The van der Waals surface area contributed by atoms with Crippen molar-refractivity contribution in [3.63, 3.8) is 0 Å². The number of benzene rings is 2. The number of carbonyl (C=O) groups is 1. The van der Waals surface area contributed by atoms with Gasteiger partial charge in [-0.15, -0.1) is 5.10 Å². The largest absolute Gasteiger partial charge is 0.481 e. The molecule has 0 saturated heterocycles. The Morgan fingerprint density at radius 1 is 1.00 bits per heavy atom. The molecule has 3 heterocycles. The van der Waals surface area contributed by atoms with Crippen LogP contribution < -0.4 is 4.74 Å². The van der Waals surface area contributed by atoms with Crippen LogP contribution in [0.25, 0.3) is 22.8 Å². The number of hydrogen-bond acceptors (Lipinski definition) is 5. The molecule has 0 saturated carbocycles. The van der Waals surface area contributed by atoms with Gasteiger partial charge in [0, 0.05) is 42.4 Å². The van der Waals surface area contributed by atoms with Gasteiger partial charge < -0.3 is 9.64 Å². The van der Waals surface area contributed by atoms with Crippen LogP contribution in [-0.2, 0) is 24.2 Å². The summed E-state index contributed by atoms with van der Waals surface area (Å²) in [6, 6.07) is 18.3. The molecule has 2 aromatic heterocycles. The molecule has 0 radical (unpaired) electrons. The molecule has 1 aliphatic rings. The first-order valence-electron chi connectivity index (χ1n) is 11.6. The monoisotopic (exact) mass is 471 g/mol. The van der Waals surface area contributed by atoms with E-state index in [-0.39, 0.29) is 18.3 Å². The predicted molar refractivity (Wildman–Crippen MR) is 130 cm³/mol. The number of fused-ring (bicyclic) bond motifs is 1. The third-order valence-corrected chi connectivity index (χ3v) is 6.28. The maximum absolute atomic E-state index is 13.8. The molecule has 0 atom stereocenters. The minimum absolute atomic E-state index is 0.0336. The Bertz CT molecular complexity index is 1370. The van der Waals surface area contributed by atoms with Gasteiger partial charge in [0.25, 0.3) is 0 Å². The lowest BCUT2D eigenvalue weighted by Crippen LogP contribution is -2.36. The van der Waals surface area contributed by atoms with Crippen LogP contribution in [0.15, 0.2) is 60.7 Å². The fourth-order valence-electron chi connectivity index (χ4n) is 4.31. The van der Waals surface area contributed by atoms with Crippen molar-refractivity contribution in [1.82, 2.24) is 24.6 Å². The number of methoxy groups -OCH3 is 1. The molecular weight excluding hydrogens is 445 g/mol. The zero-order chi connectivity index (χ0) is 24.4. The van der Waals surface area contributed by atoms with Crippen LogP contribution in [0.3, 0.4) is 0 Å². The second kappa shape index (κ2) is 9.66. The molecule has 0 aliphatic carbocycles. The lowest BCUT2D eigenvalue weighted by atomic mass is 10.1. The predicted octanol–water partition coefficient (Wildman–Crippen LogP) is 4.09. The molecule has 35 heavy (non-hydrogen) atoms. The number of carbonyl (C=O) groups excluding carboxylic acids is 1. The standard InChI is InChI=1S/C27H26FN5O2/c1-18-16-21(8-10-22(18)28)26-30-27(20-6-4-3-5-7-20)33(31-26)17-25(34)32-14-12-19-9-11-24(35-2)29-23(19)13-15-32/h3-11,16H,12-15,17H2,1-2H3. The third kappa shape index (κ3) is 4.77. The SMILES string of the molecule is COc1ccc2c(n1)CCN(C(=O)Cn1nc(-c3ccc(F)c(C)c3)nc1-c1ccccc1)CC2. The summed E-state index contributed by atoms with van der Waals surface area (Å²) in [5.74, 6) is 1.33. The molecular formula is C27H26FN5O2. The van der Waals surface area contributed by atoms with Crippen LogP contribution in [0.2, 0.25) is 0 Å². The van der Waals surface area contributed by atoms with Crippen molar-refractivity contribution in [2.45, 2.75) is 26.3 Å². The molecule has 7 nitrogen and oxygen atoms in total. The fraction of sp³-hybridized carbons (Fsp3) is 0.259. The Kier molecular flexibility index (Phi) is 6.27. The Morgan fingerprint density at radius 2 is 1.80 bits per heavy atom. The van der Waals surface area contributed by atoms with Crippen molar-refractivity contribution in [1.29, 1.82) is 0 Å². The Balaban J connectivity index is 1.41. The van der Waals surface area contributed by atoms with Crippen molar-refractivity contribution < 1.29 is 13.9 Å². The first kappa shape index (κ1) is 22.7. The zero-order valence-corrected chi connectivity index (χ0v) is 19.7. The van der Waals surface area contributed by atoms with E-state index < -0.39 is 0 Å². The topological polar surface area (TPSA) is 73.1 Å². The van der Waals surface area contributed by atoms with Gasteiger partial charge in [0.1, 0.15) is 12.4 Å². The summed E-state index contributed by atoms with van der Waals surface area (Å²) in [7, 11) is 1.60. The summed E-state index contributed by atoms with van der Waals surface area (Å²) in [6.45, 7) is 2.95. The molecule has 5 rings (SSSR count). The molecule has 0 fully saturated rings. The zero-order valence-electron chi connectivity index (χ0n) is 19.7. The number of rotatable bonds is 5. The van der Waals surface area contributed by atoms with E-state index in [1.165, 1.54) is 6.07 Å². The van der Waals surface area contributed by atoms with E-state index in [1.54, 1.807) is 30.8 Å². The fourth-order valence-corrected chi connectivity index (χ4v) is 4.31. The number of ether oxygens (including phenoxy) is 1. The number of halogens is 1. The molecule has 2 aromatic carbocycles. The molecule has 0 unspecified atom stereocenters. The lowest BCUT2D eigenvalue weighted by molar-refractivity contribution is -0.131. The highest BCUT2D eigenvalue weighted by Crippen LogP contribution is 2.24. The van der Waals surface area contributed by atoms with Crippen molar-refractivity contribution in [3.05, 3.63) is 83.3 Å². The lowest BCUT2D eigenvalue weighted by Gasteiger charge is -2.20. The first-order chi connectivity index (χ1) is 17.0. The van der Waals surface area contributed by atoms with Gasteiger partial charge in [-0.3, -0.25) is 4.79 Å². The van der Waals surface area contributed by atoms with Gasteiger partial charge in [-0.1, -0.05) is 36.4 Å². The minimum Gasteiger partial charge on any atom is -0.481 e. The first-order valence-corrected chi connectivity index (χ1v) is 11.6. The van der Waals surface area contributed by atoms with E-state index in [4.69, 9.17) is 9.72 Å². The van der Waals surface area contributed by atoms with Crippen LogP contribution in [0, 0.1) is 12.7 Å². The van der Waals surface area contributed by atoms with Crippen molar-refractivity contribution in [2.24, 2.45) is 0 Å². The molecule has 178 valence electrons. The van der Waals surface area contributed by atoms with E-state index in [9.17, 15) is 9.18 Å². The number of hydrogen-bond donors (Lipinski definition) is 0. The second-order valence-corrected chi connectivity index (χ2v) is 8.59. The highest BCUT2D eigenvalue weighted by atomic mass is 19.1. The van der Waals surface area contributed by atoms with Crippen LogP contribution in [0.4, 0.5) is 4.39 Å². The Labute approximate surface area is 203 Å². The molecule has 4 aromatic rings. The summed E-state index contributed by atoms with van der Waals surface area (Å²) in [4.78, 5) is 24.5. The average Bonchev–Trinajstić information content (AvgIpc) is 3.17. The molecule has 0 N–H and O–H groups in total. The van der Waals surface area contributed by atoms with Gasteiger partial charge in [-0.05, 0) is 42.7 Å². The highest BCUT2D eigenvalue weighted by Gasteiger charge is 2.23. The van der Waals surface area contributed by atoms with Gasteiger partial charge in [0.05, 0.1) is 7.11 Å². The van der Waals surface area contributed by atoms with Gasteiger partial charge in [0.15, 0.2) is 11.6 Å². The number of amides is 1. The number of nitrogens with zero attached hydrogens (tertiary/aromatic N) is 5. The van der Waals surface area contributed by atoms with Crippen LogP contribution in [-0.4, -0.2) is 50.8 Å². The van der Waals surface area contributed by atoms with Crippen LogP contribution >= 0.6 is 0 Å². The quantitative estimate of drug-likeness (QED) is 0.438. The molecule has 0 spiro atoms. The van der Waals surface area contributed by atoms with E-state index in [0.717, 1.165) is 23.2 Å². The maximum atomic E-state index is 13.8. The number of pyridine rings is 1. The smallest absolute Gasteiger partial charge is 0.244 e. The highest BCUT2D eigenvalue weighted by molar-refractivity contribution is 5.77. The van der Waals surface area contributed by atoms with E-state index >= 15 is 0 Å². The van der Waals surface area contributed by atoms with E-state index in [0.29, 0.717) is 48.2 Å². The summed E-state index contributed by atoms with van der Waals surface area (Å²) in [5.41, 5.74) is 4.20. The normalized spacial score (nSPS) is 13.3. The van der Waals surface area contributed by atoms with E-state index in [1.807, 2.05) is 47.4 Å². The van der Waals surface area contributed by atoms with Crippen molar-refractivity contribution >= 4 is 5.91 Å². The molecule has 1 aliphatic heterocycles. The third-order valence-electron chi connectivity index (χ3n) is 6.28. The van der Waals surface area contributed by atoms with Gasteiger partial charge in [-0.25, -0.2) is 19.0 Å². The summed E-state index contributed by atoms with van der Waals surface area (Å²) < 4.78 is 20.7. The minimum atomic E-state index is -0.277. The molecule has 1 amide bonds. The number of aryl methyl sites for hydroxylation is 1. The van der Waals surface area contributed by atoms with Crippen molar-refractivity contribution in [3.8, 4) is 28.7 Å². The summed E-state index contributed by atoms with van der Waals surface area (Å²) >= 11 is 0. The van der Waals surface area contributed by atoms with Crippen LogP contribution in [0.5, 0.6) is 5.88 Å². The van der Waals surface area contributed by atoms with Crippen LogP contribution in [0.1, 0.15) is 16.8 Å². The average molecular weight is 472 g/mol.